The van der Waals surface area contributed by atoms with Gasteiger partial charge in [0, 0.05) is 24.4 Å². The number of hydrogen-bond donors (Lipinski definition) is 0. The number of aromatic nitrogens is 1. The van der Waals surface area contributed by atoms with Gasteiger partial charge in [-0.2, -0.15) is 0 Å². The van der Waals surface area contributed by atoms with Crippen LogP contribution in [0.1, 0.15) is 23.1 Å². The van der Waals surface area contributed by atoms with Crippen molar-refractivity contribution in [3.63, 3.8) is 0 Å². The first kappa shape index (κ1) is 15.8. The van der Waals surface area contributed by atoms with E-state index in [0.29, 0.717) is 6.61 Å². The molecule has 2 nitrogen and oxygen atoms in total. The van der Waals surface area contributed by atoms with Gasteiger partial charge in [0.05, 0.1) is 0 Å². The SMILES string of the molecule is C(#Cc1cccnc1)CCc1ccc(OCc2ccccc2)cc1. The lowest BCUT2D eigenvalue weighted by atomic mass is 10.1. The number of rotatable bonds is 5. The Bertz CT molecular complexity index is 799. The Morgan fingerprint density at radius 2 is 1.67 bits per heavy atom. The molecule has 0 aliphatic carbocycles. The van der Waals surface area contributed by atoms with Crippen LogP contribution in [0.15, 0.2) is 79.1 Å². The molecular weight excluding hydrogens is 294 g/mol. The third kappa shape index (κ3) is 5.00. The summed E-state index contributed by atoms with van der Waals surface area (Å²) in [7, 11) is 0. The van der Waals surface area contributed by atoms with Crippen LogP contribution in [-0.2, 0) is 13.0 Å². The van der Waals surface area contributed by atoms with Crippen molar-refractivity contribution in [2.75, 3.05) is 0 Å². The maximum absolute atomic E-state index is 5.80. The lowest BCUT2D eigenvalue weighted by Gasteiger charge is -2.07. The normalized spacial score (nSPS) is 9.83. The van der Waals surface area contributed by atoms with Crippen molar-refractivity contribution in [3.8, 4) is 17.6 Å². The van der Waals surface area contributed by atoms with E-state index in [9.17, 15) is 0 Å². The molecular formula is C22H19NO. The molecule has 24 heavy (non-hydrogen) atoms. The van der Waals surface area contributed by atoms with Gasteiger partial charge in [-0.25, -0.2) is 0 Å². The van der Waals surface area contributed by atoms with Crippen LogP contribution in [0.2, 0.25) is 0 Å². The first-order valence-electron chi connectivity index (χ1n) is 8.05. The van der Waals surface area contributed by atoms with E-state index in [0.717, 1.165) is 24.2 Å². The lowest BCUT2D eigenvalue weighted by Crippen LogP contribution is -1.95. The Hall–Kier alpha value is -3.05. The maximum Gasteiger partial charge on any atom is 0.119 e. The van der Waals surface area contributed by atoms with E-state index >= 15 is 0 Å². The number of hydrogen-bond acceptors (Lipinski definition) is 2. The molecule has 2 aromatic carbocycles. The first-order valence-corrected chi connectivity index (χ1v) is 8.05. The quantitative estimate of drug-likeness (QED) is 0.640. The van der Waals surface area contributed by atoms with E-state index in [1.807, 2.05) is 42.5 Å². The van der Waals surface area contributed by atoms with Crippen LogP contribution >= 0.6 is 0 Å². The highest BCUT2D eigenvalue weighted by molar-refractivity contribution is 5.32. The van der Waals surface area contributed by atoms with E-state index in [1.165, 1.54) is 11.1 Å². The summed E-state index contributed by atoms with van der Waals surface area (Å²) in [5.74, 6) is 7.21. The van der Waals surface area contributed by atoms with Crippen molar-refractivity contribution in [1.82, 2.24) is 4.98 Å². The minimum Gasteiger partial charge on any atom is -0.489 e. The van der Waals surface area contributed by atoms with Crippen molar-refractivity contribution in [3.05, 3.63) is 95.8 Å². The molecule has 0 amide bonds. The summed E-state index contributed by atoms with van der Waals surface area (Å²) in [4.78, 5) is 4.05. The van der Waals surface area contributed by atoms with Crippen molar-refractivity contribution in [2.24, 2.45) is 0 Å². The van der Waals surface area contributed by atoms with E-state index < -0.39 is 0 Å². The van der Waals surface area contributed by atoms with Gasteiger partial charge in [0.15, 0.2) is 0 Å². The van der Waals surface area contributed by atoms with Gasteiger partial charge in [-0.1, -0.05) is 54.3 Å². The minimum atomic E-state index is 0.594. The molecule has 3 rings (SSSR count). The third-order valence-corrected chi connectivity index (χ3v) is 3.60. The molecule has 3 aromatic rings. The second-order valence-electron chi connectivity index (χ2n) is 5.46. The van der Waals surface area contributed by atoms with Gasteiger partial charge in [0.25, 0.3) is 0 Å². The van der Waals surface area contributed by atoms with Gasteiger partial charge in [0.2, 0.25) is 0 Å². The predicted octanol–water partition coefficient (Wildman–Crippen LogP) is 4.64. The molecule has 1 heterocycles. The van der Waals surface area contributed by atoms with E-state index in [1.54, 1.807) is 12.4 Å². The van der Waals surface area contributed by atoms with Crippen LogP contribution in [0, 0.1) is 11.8 Å². The summed E-state index contributed by atoms with van der Waals surface area (Å²) in [6.45, 7) is 0.594. The molecule has 0 aliphatic rings. The Morgan fingerprint density at radius 1 is 0.833 bits per heavy atom. The average Bonchev–Trinajstić information content (AvgIpc) is 2.66. The van der Waals surface area contributed by atoms with E-state index in [-0.39, 0.29) is 0 Å². The molecule has 0 fully saturated rings. The zero-order valence-corrected chi connectivity index (χ0v) is 13.5. The molecule has 0 spiro atoms. The van der Waals surface area contributed by atoms with Crippen LogP contribution < -0.4 is 4.74 Å². The third-order valence-electron chi connectivity index (χ3n) is 3.60. The molecule has 0 radical (unpaired) electrons. The summed E-state index contributed by atoms with van der Waals surface area (Å²) in [6, 6.07) is 22.3. The van der Waals surface area contributed by atoms with Gasteiger partial charge in [-0.05, 0) is 41.8 Å². The summed E-state index contributed by atoms with van der Waals surface area (Å²) >= 11 is 0. The van der Waals surface area contributed by atoms with E-state index in [2.05, 4.69) is 41.1 Å². The largest absolute Gasteiger partial charge is 0.489 e. The standard InChI is InChI=1S/C22H19NO/c1-2-9-21(10-3-1)18-24-22-14-12-19(13-15-22)7-4-5-8-20-11-6-16-23-17-20/h1-3,6,9-17H,4,7,18H2. The number of benzene rings is 2. The van der Waals surface area contributed by atoms with Crippen molar-refractivity contribution < 1.29 is 4.74 Å². The monoisotopic (exact) mass is 313 g/mol. The van der Waals surface area contributed by atoms with Gasteiger partial charge in [-0.3, -0.25) is 4.98 Å². The fourth-order valence-electron chi connectivity index (χ4n) is 2.30. The molecule has 0 saturated heterocycles. The van der Waals surface area contributed by atoms with Crippen molar-refractivity contribution >= 4 is 0 Å². The number of aryl methyl sites for hydroxylation is 1. The van der Waals surface area contributed by atoms with Crippen LogP contribution in [-0.4, -0.2) is 4.98 Å². The van der Waals surface area contributed by atoms with Crippen LogP contribution in [0.25, 0.3) is 0 Å². The Morgan fingerprint density at radius 3 is 2.42 bits per heavy atom. The summed E-state index contributed by atoms with van der Waals surface area (Å²) in [5, 5.41) is 0. The Labute approximate surface area is 143 Å². The van der Waals surface area contributed by atoms with Gasteiger partial charge < -0.3 is 4.74 Å². The zero-order valence-electron chi connectivity index (χ0n) is 13.5. The summed E-state index contributed by atoms with van der Waals surface area (Å²) in [5.41, 5.74) is 3.40. The number of nitrogens with zero attached hydrogens (tertiary/aromatic N) is 1. The number of ether oxygens (including phenoxy) is 1. The topological polar surface area (TPSA) is 22.1 Å². The average molecular weight is 313 g/mol. The summed E-state index contributed by atoms with van der Waals surface area (Å²) in [6.07, 6.45) is 5.31. The molecule has 0 bridgehead atoms. The van der Waals surface area contributed by atoms with E-state index in [4.69, 9.17) is 4.74 Å². The molecule has 0 aliphatic heterocycles. The molecule has 0 N–H and O–H groups in total. The predicted molar refractivity (Wildman–Crippen MR) is 96.7 cm³/mol. The molecule has 0 unspecified atom stereocenters. The molecule has 2 heteroatoms. The second-order valence-corrected chi connectivity index (χ2v) is 5.46. The fraction of sp³-hybridized carbons (Fsp3) is 0.136. The molecule has 0 atom stereocenters. The lowest BCUT2D eigenvalue weighted by molar-refractivity contribution is 0.306. The van der Waals surface area contributed by atoms with Gasteiger partial charge in [-0.15, -0.1) is 0 Å². The Kier molecular flexibility index (Phi) is 5.64. The number of pyridine rings is 1. The highest BCUT2D eigenvalue weighted by Gasteiger charge is 1.97. The Balaban J connectivity index is 1.47. The summed E-state index contributed by atoms with van der Waals surface area (Å²) < 4.78 is 5.80. The second kappa shape index (κ2) is 8.55. The van der Waals surface area contributed by atoms with Crippen LogP contribution in [0.4, 0.5) is 0 Å². The van der Waals surface area contributed by atoms with Crippen LogP contribution in [0.3, 0.4) is 0 Å². The van der Waals surface area contributed by atoms with Gasteiger partial charge in [0.1, 0.15) is 12.4 Å². The zero-order chi connectivity index (χ0) is 16.5. The smallest absolute Gasteiger partial charge is 0.119 e. The van der Waals surface area contributed by atoms with Crippen molar-refractivity contribution in [2.45, 2.75) is 19.4 Å². The highest BCUT2D eigenvalue weighted by Crippen LogP contribution is 2.15. The first-order chi connectivity index (χ1) is 11.9. The molecule has 1 aromatic heterocycles. The maximum atomic E-state index is 5.80. The fourth-order valence-corrected chi connectivity index (χ4v) is 2.30. The van der Waals surface area contributed by atoms with Gasteiger partial charge >= 0.3 is 0 Å². The molecule has 0 saturated carbocycles. The van der Waals surface area contributed by atoms with Crippen molar-refractivity contribution in [1.29, 1.82) is 0 Å². The van der Waals surface area contributed by atoms with Crippen LogP contribution in [0.5, 0.6) is 5.75 Å². The minimum absolute atomic E-state index is 0.594. The molecule has 118 valence electrons. The highest BCUT2D eigenvalue weighted by atomic mass is 16.5.